The van der Waals surface area contributed by atoms with Gasteiger partial charge in [0.2, 0.25) is 5.78 Å². The van der Waals surface area contributed by atoms with E-state index in [1.807, 2.05) is 36.4 Å². The summed E-state index contributed by atoms with van der Waals surface area (Å²) in [5.74, 6) is 0.792. The van der Waals surface area contributed by atoms with Gasteiger partial charge in [0, 0.05) is 11.6 Å². The van der Waals surface area contributed by atoms with Crippen molar-refractivity contribution in [2.45, 2.75) is 19.8 Å². The molecule has 0 saturated carbocycles. The molecule has 138 valence electrons. The van der Waals surface area contributed by atoms with Crippen molar-refractivity contribution in [2.24, 2.45) is 0 Å². The van der Waals surface area contributed by atoms with Crippen molar-refractivity contribution in [3.05, 3.63) is 71.3 Å². The van der Waals surface area contributed by atoms with Crippen molar-refractivity contribution < 1.29 is 19.1 Å². The van der Waals surface area contributed by atoms with Gasteiger partial charge in [-0.05, 0) is 41.3 Å². The van der Waals surface area contributed by atoms with Crippen LogP contribution in [-0.4, -0.2) is 25.8 Å². The molecule has 3 rings (SSSR count). The smallest absolute Gasteiger partial charge is 0.200 e. The van der Waals surface area contributed by atoms with Crippen LogP contribution in [0.3, 0.4) is 0 Å². The highest BCUT2D eigenvalue weighted by atomic mass is 16.5. The number of fused-ring (bicyclic) bond motifs is 1. The molecule has 1 aromatic carbocycles. The Kier molecular flexibility index (Phi) is 5.87. The van der Waals surface area contributed by atoms with Crippen LogP contribution >= 0.6 is 0 Å². The number of ketones is 1. The van der Waals surface area contributed by atoms with Crippen LogP contribution in [0.15, 0.2) is 54.6 Å². The van der Waals surface area contributed by atoms with E-state index in [0.29, 0.717) is 28.9 Å². The van der Waals surface area contributed by atoms with Crippen LogP contribution in [0.5, 0.6) is 11.5 Å². The van der Waals surface area contributed by atoms with Crippen LogP contribution in [0.4, 0.5) is 0 Å². The van der Waals surface area contributed by atoms with Gasteiger partial charge in [-0.1, -0.05) is 43.7 Å². The van der Waals surface area contributed by atoms with Crippen LogP contribution in [0.1, 0.15) is 39.6 Å². The molecule has 0 N–H and O–H groups in total. The number of Topliss-reactive ketones (excluding diaryl/α,β-unsaturated/α-hetero) is 1. The third-order valence-corrected chi connectivity index (χ3v) is 4.52. The summed E-state index contributed by atoms with van der Waals surface area (Å²) in [7, 11) is 1.54. The van der Waals surface area contributed by atoms with E-state index in [4.69, 9.17) is 9.47 Å². The summed E-state index contributed by atoms with van der Waals surface area (Å²) in [5.41, 5.74) is 4.23. The molecule has 0 bridgehead atoms. The second-order valence-corrected chi connectivity index (χ2v) is 6.30. The van der Waals surface area contributed by atoms with Crippen LogP contribution in [0.2, 0.25) is 0 Å². The summed E-state index contributed by atoms with van der Waals surface area (Å²) < 4.78 is 10.8. The van der Waals surface area contributed by atoms with E-state index in [1.54, 1.807) is 18.2 Å². The minimum atomic E-state index is -0.142. The Balaban J connectivity index is 1.87. The fourth-order valence-corrected chi connectivity index (χ4v) is 3.18. The lowest BCUT2D eigenvalue weighted by atomic mass is 10.0. The zero-order valence-electron chi connectivity index (χ0n) is 15.5. The van der Waals surface area contributed by atoms with Gasteiger partial charge >= 0.3 is 0 Å². The summed E-state index contributed by atoms with van der Waals surface area (Å²) >= 11 is 0. The quantitative estimate of drug-likeness (QED) is 0.425. The maximum absolute atomic E-state index is 12.9. The normalized spacial score (nSPS) is 10.6. The number of aldehydes is 1. The Morgan fingerprint density at radius 1 is 1.04 bits per heavy atom. The molecule has 1 aromatic rings. The monoisotopic (exact) mass is 362 g/mol. The second-order valence-electron chi connectivity index (χ2n) is 6.30. The number of carbonyl (C=O) groups is 2. The van der Waals surface area contributed by atoms with Gasteiger partial charge in [-0.3, -0.25) is 9.59 Å². The number of hydrogen-bond donors (Lipinski definition) is 0. The summed E-state index contributed by atoms with van der Waals surface area (Å²) in [6, 6.07) is 16.8. The van der Waals surface area contributed by atoms with E-state index in [-0.39, 0.29) is 12.4 Å². The predicted molar refractivity (Wildman–Crippen MR) is 105 cm³/mol. The number of benzene rings is 1. The molecule has 0 spiro atoms. The topological polar surface area (TPSA) is 52.6 Å². The van der Waals surface area contributed by atoms with Crippen molar-refractivity contribution >= 4 is 12.1 Å². The zero-order valence-corrected chi connectivity index (χ0v) is 15.5. The SMILES string of the molecule is CCCc1cc(C(=O)COc2cc(OC)ccc2C=O)c2cccccc1-2. The average Bonchev–Trinajstić information content (AvgIpc) is 2.87. The molecule has 27 heavy (non-hydrogen) atoms. The molecule has 2 aliphatic rings. The number of ether oxygens (including phenoxy) is 2. The summed E-state index contributed by atoms with van der Waals surface area (Å²) in [4.78, 5) is 24.1. The average molecular weight is 362 g/mol. The lowest BCUT2D eigenvalue weighted by Crippen LogP contribution is -2.12. The molecule has 4 heteroatoms. The second kappa shape index (κ2) is 8.49. The van der Waals surface area contributed by atoms with Crippen molar-refractivity contribution in [1.82, 2.24) is 0 Å². The molecule has 0 aromatic heterocycles. The predicted octanol–water partition coefficient (Wildman–Crippen LogP) is 4.83. The molecular formula is C23H22O4. The number of hydrogen-bond acceptors (Lipinski definition) is 4. The Labute approximate surface area is 159 Å². The van der Waals surface area contributed by atoms with E-state index in [1.165, 1.54) is 12.7 Å². The standard InChI is InChI=1S/C23H22O4/c1-3-7-16-12-21(20-9-6-4-5-8-19(16)20)22(25)15-27-23-13-18(26-2)11-10-17(23)14-24/h4-6,8-14H,3,7,15H2,1-2H3. The first kappa shape index (κ1) is 18.6. The Morgan fingerprint density at radius 2 is 1.81 bits per heavy atom. The van der Waals surface area contributed by atoms with Crippen molar-refractivity contribution in [1.29, 1.82) is 0 Å². The Bertz CT molecular complexity index is 930. The van der Waals surface area contributed by atoms with Crippen LogP contribution in [0, 0.1) is 0 Å². The van der Waals surface area contributed by atoms with Crippen LogP contribution in [0.25, 0.3) is 11.1 Å². The number of aryl methyl sites for hydroxylation is 1. The minimum Gasteiger partial charge on any atom is -0.497 e. The zero-order chi connectivity index (χ0) is 19.2. The van der Waals surface area contributed by atoms with E-state index in [0.717, 1.165) is 24.0 Å². The lowest BCUT2D eigenvalue weighted by molar-refractivity contribution is 0.0919. The highest BCUT2D eigenvalue weighted by Crippen LogP contribution is 2.33. The summed E-state index contributed by atoms with van der Waals surface area (Å²) in [6.07, 6.45) is 2.63. The van der Waals surface area contributed by atoms with E-state index in [9.17, 15) is 9.59 Å². The molecule has 0 amide bonds. The van der Waals surface area contributed by atoms with Gasteiger partial charge in [-0.15, -0.1) is 0 Å². The molecule has 0 fully saturated rings. The Hall–Kier alpha value is -3.14. The van der Waals surface area contributed by atoms with Gasteiger partial charge in [-0.2, -0.15) is 0 Å². The number of rotatable bonds is 8. The van der Waals surface area contributed by atoms with Crippen molar-refractivity contribution in [3.63, 3.8) is 0 Å². The van der Waals surface area contributed by atoms with Gasteiger partial charge in [-0.25, -0.2) is 0 Å². The first-order valence-corrected chi connectivity index (χ1v) is 8.97. The van der Waals surface area contributed by atoms with Gasteiger partial charge < -0.3 is 9.47 Å². The largest absolute Gasteiger partial charge is 0.497 e. The molecule has 2 aliphatic carbocycles. The molecule has 0 radical (unpaired) electrons. The highest BCUT2D eigenvalue weighted by molar-refractivity contribution is 6.05. The van der Waals surface area contributed by atoms with Crippen LogP contribution in [-0.2, 0) is 6.42 Å². The maximum Gasteiger partial charge on any atom is 0.200 e. The Morgan fingerprint density at radius 3 is 2.52 bits per heavy atom. The molecule has 0 heterocycles. The van der Waals surface area contributed by atoms with E-state index < -0.39 is 0 Å². The molecule has 0 unspecified atom stereocenters. The van der Waals surface area contributed by atoms with Gasteiger partial charge in [0.05, 0.1) is 12.7 Å². The first-order valence-electron chi connectivity index (χ1n) is 8.97. The minimum absolute atomic E-state index is 0.117. The highest BCUT2D eigenvalue weighted by Gasteiger charge is 2.20. The molecule has 4 nitrogen and oxygen atoms in total. The number of carbonyl (C=O) groups excluding carboxylic acids is 2. The van der Waals surface area contributed by atoms with Crippen molar-refractivity contribution in [2.75, 3.05) is 13.7 Å². The molecular weight excluding hydrogens is 340 g/mol. The third kappa shape index (κ3) is 4.00. The van der Waals surface area contributed by atoms with Gasteiger partial charge in [0.15, 0.2) is 12.9 Å². The fraction of sp³-hybridized carbons (Fsp3) is 0.217. The first-order chi connectivity index (χ1) is 13.2. The molecule has 0 saturated heterocycles. The number of methoxy groups -OCH3 is 1. The molecule has 0 aliphatic heterocycles. The third-order valence-electron chi connectivity index (χ3n) is 4.52. The maximum atomic E-state index is 12.9. The molecule has 0 atom stereocenters. The van der Waals surface area contributed by atoms with E-state index in [2.05, 4.69) is 6.92 Å². The fourth-order valence-electron chi connectivity index (χ4n) is 3.18. The van der Waals surface area contributed by atoms with E-state index >= 15 is 0 Å². The van der Waals surface area contributed by atoms with Crippen molar-refractivity contribution in [3.8, 4) is 22.6 Å². The van der Waals surface area contributed by atoms with Crippen LogP contribution < -0.4 is 9.47 Å². The lowest BCUT2D eigenvalue weighted by Gasteiger charge is -2.09. The summed E-state index contributed by atoms with van der Waals surface area (Å²) in [6.45, 7) is 1.98. The summed E-state index contributed by atoms with van der Waals surface area (Å²) in [5, 5.41) is 0. The van der Waals surface area contributed by atoms with Gasteiger partial charge in [0.1, 0.15) is 11.5 Å². The van der Waals surface area contributed by atoms with Gasteiger partial charge in [0.25, 0.3) is 0 Å².